The molecule has 2 heteroatoms. The molecule has 2 nitrogen and oxygen atoms in total. The molecule has 0 aliphatic carbocycles. The maximum atomic E-state index is 6.10. The third kappa shape index (κ3) is 6.16. The first-order valence-electron chi connectivity index (χ1n) is 6.34. The molecule has 0 spiro atoms. The Morgan fingerprint density at radius 3 is 2.60 bits per heavy atom. The Morgan fingerprint density at radius 2 is 2.07 bits per heavy atom. The second kappa shape index (κ2) is 5.86. The normalized spacial score (nSPS) is 24.4. The van der Waals surface area contributed by atoms with E-state index < -0.39 is 0 Å². The topological polar surface area (TPSA) is 35.2 Å². The molecule has 2 N–H and O–H groups in total. The molecule has 2 unspecified atom stereocenters. The minimum absolute atomic E-state index is 0.369. The van der Waals surface area contributed by atoms with Gasteiger partial charge in [-0.2, -0.15) is 0 Å². The van der Waals surface area contributed by atoms with Crippen LogP contribution in [0.2, 0.25) is 0 Å². The summed E-state index contributed by atoms with van der Waals surface area (Å²) in [6.45, 7) is 7.79. The van der Waals surface area contributed by atoms with Crippen molar-refractivity contribution in [3.05, 3.63) is 0 Å². The Morgan fingerprint density at radius 1 is 1.33 bits per heavy atom. The number of ether oxygens (including phenoxy) is 1. The minimum Gasteiger partial charge on any atom is -0.378 e. The van der Waals surface area contributed by atoms with E-state index in [1.807, 2.05) is 0 Å². The minimum atomic E-state index is 0.369. The average Bonchev–Trinajstić information content (AvgIpc) is 2.62. The zero-order valence-corrected chi connectivity index (χ0v) is 10.6. The fourth-order valence-corrected chi connectivity index (χ4v) is 2.03. The summed E-state index contributed by atoms with van der Waals surface area (Å²) >= 11 is 0. The third-order valence-corrected chi connectivity index (χ3v) is 3.15. The highest BCUT2D eigenvalue weighted by Crippen LogP contribution is 2.23. The molecule has 1 fully saturated rings. The van der Waals surface area contributed by atoms with Gasteiger partial charge in [-0.25, -0.2) is 0 Å². The van der Waals surface area contributed by atoms with Gasteiger partial charge in [-0.1, -0.05) is 20.8 Å². The lowest BCUT2D eigenvalue weighted by Gasteiger charge is -2.21. The molecule has 0 amide bonds. The van der Waals surface area contributed by atoms with E-state index in [1.165, 1.54) is 19.3 Å². The van der Waals surface area contributed by atoms with Crippen LogP contribution in [0.1, 0.15) is 59.3 Å². The lowest BCUT2D eigenvalue weighted by molar-refractivity contribution is 0.100. The van der Waals surface area contributed by atoms with Gasteiger partial charge in [0.2, 0.25) is 0 Å². The van der Waals surface area contributed by atoms with E-state index in [2.05, 4.69) is 20.8 Å². The predicted octanol–water partition coefficient (Wildman–Crippen LogP) is 3.10. The number of hydrogen-bond acceptors (Lipinski definition) is 2. The molecule has 1 aliphatic heterocycles. The van der Waals surface area contributed by atoms with Crippen molar-refractivity contribution < 1.29 is 4.74 Å². The first kappa shape index (κ1) is 13.0. The Kier molecular flexibility index (Phi) is 5.07. The SMILES string of the molecule is CC(C)(C)CCC(N)CCC1CCCO1. The van der Waals surface area contributed by atoms with Crippen LogP contribution in [0.5, 0.6) is 0 Å². The van der Waals surface area contributed by atoms with Crippen molar-refractivity contribution in [1.82, 2.24) is 0 Å². The maximum Gasteiger partial charge on any atom is 0.0576 e. The van der Waals surface area contributed by atoms with Gasteiger partial charge >= 0.3 is 0 Å². The fourth-order valence-electron chi connectivity index (χ4n) is 2.03. The van der Waals surface area contributed by atoms with Gasteiger partial charge in [-0.3, -0.25) is 0 Å². The highest BCUT2D eigenvalue weighted by Gasteiger charge is 2.17. The summed E-state index contributed by atoms with van der Waals surface area (Å²) in [5, 5.41) is 0. The zero-order chi connectivity index (χ0) is 11.3. The lowest BCUT2D eigenvalue weighted by Crippen LogP contribution is -2.24. The molecule has 1 rings (SSSR count). The van der Waals surface area contributed by atoms with E-state index in [1.54, 1.807) is 0 Å². The summed E-state index contributed by atoms with van der Waals surface area (Å²) in [4.78, 5) is 0. The summed E-state index contributed by atoms with van der Waals surface area (Å²) < 4.78 is 5.59. The van der Waals surface area contributed by atoms with E-state index in [4.69, 9.17) is 10.5 Å². The molecule has 0 aromatic rings. The summed E-state index contributed by atoms with van der Waals surface area (Å²) in [5.41, 5.74) is 6.52. The van der Waals surface area contributed by atoms with E-state index in [-0.39, 0.29) is 0 Å². The van der Waals surface area contributed by atoms with Crippen LogP contribution in [-0.2, 0) is 4.74 Å². The highest BCUT2D eigenvalue weighted by atomic mass is 16.5. The molecule has 0 aromatic heterocycles. The lowest BCUT2D eigenvalue weighted by atomic mass is 9.88. The van der Waals surface area contributed by atoms with Crippen molar-refractivity contribution in [2.45, 2.75) is 71.4 Å². The molecule has 0 saturated carbocycles. The quantitative estimate of drug-likeness (QED) is 0.761. The van der Waals surface area contributed by atoms with Crippen LogP contribution < -0.4 is 5.73 Å². The molecule has 0 radical (unpaired) electrons. The molecular formula is C13H27NO. The fraction of sp³-hybridized carbons (Fsp3) is 1.00. The van der Waals surface area contributed by atoms with Crippen molar-refractivity contribution in [2.24, 2.45) is 11.1 Å². The van der Waals surface area contributed by atoms with Crippen LogP contribution in [0.25, 0.3) is 0 Å². The molecule has 0 bridgehead atoms. The third-order valence-electron chi connectivity index (χ3n) is 3.15. The van der Waals surface area contributed by atoms with Crippen LogP contribution in [0.3, 0.4) is 0 Å². The van der Waals surface area contributed by atoms with Gasteiger partial charge in [0.05, 0.1) is 6.10 Å². The standard InChI is InChI=1S/C13H27NO/c1-13(2,3)9-8-11(14)6-7-12-5-4-10-15-12/h11-12H,4-10,14H2,1-3H3. The molecule has 2 atom stereocenters. The Labute approximate surface area is 94.6 Å². The molecule has 0 aromatic carbocycles. The van der Waals surface area contributed by atoms with E-state index in [0.29, 0.717) is 17.6 Å². The van der Waals surface area contributed by atoms with Gasteiger partial charge in [-0.15, -0.1) is 0 Å². The van der Waals surface area contributed by atoms with Gasteiger partial charge in [-0.05, 0) is 43.9 Å². The monoisotopic (exact) mass is 213 g/mol. The molecular weight excluding hydrogens is 186 g/mol. The Bertz CT molecular complexity index is 168. The van der Waals surface area contributed by atoms with Crippen LogP contribution in [-0.4, -0.2) is 18.8 Å². The van der Waals surface area contributed by atoms with Crippen LogP contribution in [0, 0.1) is 5.41 Å². The van der Waals surface area contributed by atoms with Crippen LogP contribution in [0.4, 0.5) is 0 Å². The zero-order valence-electron chi connectivity index (χ0n) is 10.6. The van der Waals surface area contributed by atoms with Crippen molar-refractivity contribution in [3.8, 4) is 0 Å². The van der Waals surface area contributed by atoms with Crippen LogP contribution in [0.15, 0.2) is 0 Å². The second-order valence-corrected chi connectivity index (χ2v) is 6.07. The van der Waals surface area contributed by atoms with Gasteiger partial charge in [0.15, 0.2) is 0 Å². The van der Waals surface area contributed by atoms with E-state index >= 15 is 0 Å². The molecule has 1 aliphatic rings. The van der Waals surface area contributed by atoms with Crippen molar-refractivity contribution in [3.63, 3.8) is 0 Å². The summed E-state index contributed by atoms with van der Waals surface area (Å²) in [5.74, 6) is 0. The Hall–Kier alpha value is -0.0800. The number of rotatable bonds is 5. The summed E-state index contributed by atoms with van der Waals surface area (Å²) in [6.07, 6.45) is 7.64. The van der Waals surface area contributed by atoms with Crippen molar-refractivity contribution in [1.29, 1.82) is 0 Å². The summed E-state index contributed by atoms with van der Waals surface area (Å²) in [6, 6.07) is 0.369. The van der Waals surface area contributed by atoms with E-state index in [9.17, 15) is 0 Å². The van der Waals surface area contributed by atoms with Gasteiger partial charge in [0.1, 0.15) is 0 Å². The average molecular weight is 213 g/mol. The number of hydrogen-bond donors (Lipinski definition) is 1. The van der Waals surface area contributed by atoms with Crippen molar-refractivity contribution in [2.75, 3.05) is 6.61 Å². The predicted molar refractivity (Wildman–Crippen MR) is 64.9 cm³/mol. The van der Waals surface area contributed by atoms with Gasteiger partial charge < -0.3 is 10.5 Å². The van der Waals surface area contributed by atoms with Gasteiger partial charge in [0, 0.05) is 12.6 Å². The van der Waals surface area contributed by atoms with Crippen molar-refractivity contribution >= 4 is 0 Å². The smallest absolute Gasteiger partial charge is 0.0576 e. The molecule has 90 valence electrons. The van der Waals surface area contributed by atoms with Crippen LogP contribution >= 0.6 is 0 Å². The maximum absolute atomic E-state index is 6.10. The molecule has 15 heavy (non-hydrogen) atoms. The number of nitrogens with two attached hydrogens (primary N) is 1. The molecule has 1 saturated heterocycles. The Balaban J connectivity index is 2.05. The first-order valence-corrected chi connectivity index (χ1v) is 6.34. The highest BCUT2D eigenvalue weighted by molar-refractivity contribution is 4.72. The second-order valence-electron chi connectivity index (χ2n) is 6.07. The largest absolute Gasteiger partial charge is 0.378 e. The molecule has 1 heterocycles. The van der Waals surface area contributed by atoms with E-state index in [0.717, 1.165) is 25.9 Å². The summed E-state index contributed by atoms with van der Waals surface area (Å²) in [7, 11) is 0. The first-order chi connectivity index (χ1) is 6.97. The van der Waals surface area contributed by atoms with Gasteiger partial charge in [0.25, 0.3) is 0 Å².